The predicted octanol–water partition coefficient (Wildman–Crippen LogP) is 3.12. The zero-order chi connectivity index (χ0) is 50.5. The maximum absolute atomic E-state index is 15.3. The second-order valence-electron chi connectivity index (χ2n) is 18.8. The van der Waals surface area contributed by atoms with Gasteiger partial charge in [-0.3, -0.25) is 33.6 Å². The van der Waals surface area contributed by atoms with Gasteiger partial charge in [0.1, 0.15) is 47.8 Å². The Morgan fingerprint density at radius 2 is 1.60 bits per heavy atom. The van der Waals surface area contributed by atoms with Gasteiger partial charge in [-0.15, -0.1) is 0 Å². The standard InChI is InChI=1S/C51H64N8O10.V/c1-10-29(2)51(5,6)35-26-32(20-21-36(35)56(7)8)27-39-49(67)59-25-22-34(60)28-38(59)44(62)55-42(33-16-12-11-13-17-33)50(68)69-31(4)41(54-46(64)43-40(61)19-14-23-52-43)45(63)53-30(3)47(65)58-24-15-18-37(58)48(66)57(39)9;/h10-14,16-17,19-21,23,26,30-31,37-39,41-42,61H,15,18,22,24-25,27-28H2,1-9H3,(H,53,63)(H,54,64)(H,55,62);/b29-10+;/t30-,31-,37+,38+,39+,41+,42+;/m1./s1. The van der Waals surface area contributed by atoms with Gasteiger partial charge >= 0.3 is 5.97 Å². The number of anilines is 1. The van der Waals surface area contributed by atoms with E-state index in [2.05, 4.69) is 34.8 Å². The Balaban J connectivity index is 0.00000913. The number of hydrogen-bond acceptors (Lipinski definition) is 12. The Morgan fingerprint density at radius 3 is 2.26 bits per heavy atom. The van der Waals surface area contributed by atoms with E-state index in [9.17, 15) is 38.7 Å². The van der Waals surface area contributed by atoms with Crippen LogP contribution >= 0.6 is 0 Å². The Kier molecular flexibility index (Phi) is 17.8. The van der Waals surface area contributed by atoms with Gasteiger partial charge in [-0.1, -0.05) is 68.0 Å². The Bertz CT molecular complexity index is 2520. The van der Waals surface area contributed by atoms with Crippen LogP contribution in [0.25, 0.3) is 0 Å². The number of likely N-dealkylation sites (N-methyl/N-ethyl adjacent to an activating group) is 1. The number of nitrogens with zero attached hydrogens (tertiary/aromatic N) is 5. The summed E-state index contributed by atoms with van der Waals surface area (Å²) >= 11 is 0. The molecule has 3 aliphatic heterocycles. The van der Waals surface area contributed by atoms with Gasteiger partial charge in [0.15, 0.2) is 11.7 Å². The smallest absolute Gasteiger partial charge is 0.333 e. The summed E-state index contributed by atoms with van der Waals surface area (Å²) in [5.74, 6) is -6.43. The van der Waals surface area contributed by atoms with Crippen molar-refractivity contribution < 1.29 is 66.8 Å². The third-order valence-electron chi connectivity index (χ3n) is 13.7. The normalized spacial score (nSPS) is 24.5. The number of hydrogen-bond donors (Lipinski definition) is 4. The summed E-state index contributed by atoms with van der Waals surface area (Å²) in [5, 5.41) is 18.2. The fraction of sp³-hybridized carbons (Fsp3) is 0.471. The third kappa shape index (κ3) is 11.7. The van der Waals surface area contributed by atoms with E-state index in [1.165, 1.54) is 53.9 Å². The van der Waals surface area contributed by atoms with Gasteiger partial charge in [-0.25, -0.2) is 9.78 Å². The van der Waals surface area contributed by atoms with Gasteiger partial charge in [-0.2, -0.15) is 0 Å². The predicted molar refractivity (Wildman–Crippen MR) is 256 cm³/mol. The molecule has 6 amide bonds. The number of carbonyl (C=O) groups is 8. The minimum atomic E-state index is -1.70. The minimum Gasteiger partial charge on any atom is -0.505 e. The number of amides is 6. The molecular formula is C51H64N8O10V. The molecular weight excluding hydrogens is 936 g/mol. The van der Waals surface area contributed by atoms with Crippen LogP contribution in [0, 0.1) is 0 Å². The van der Waals surface area contributed by atoms with Crippen molar-refractivity contribution in [3.63, 3.8) is 0 Å². The first-order chi connectivity index (χ1) is 32.7. The van der Waals surface area contributed by atoms with Crippen molar-refractivity contribution in [2.24, 2.45) is 0 Å². The molecule has 0 saturated carbocycles. The second-order valence-corrected chi connectivity index (χ2v) is 18.8. The number of aromatic hydroxyl groups is 1. The molecule has 4 heterocycles. The van der Waals surface area contributed by atoms with Crippen LogP contribution in [0.5, 0.6) is 5.75 Å². The van der Waals surface area contributed by atoms with Crippen molar-refractivity contribution >= 4 is 52.9 Å². The van der Waals surface area contributed by atoms with E-state index in [4.69, 9.17) is 4.74 Å². The average Bonchev–Trinajstić information content (AvgIpc) is 3.82. The summed E-state index contributed by atoms with van der Waals surface area (Å²) in [6, 6.07) is 8.34. The van der Waals surface area contributed by atoms with Crippen LogP contribution in [0.15, 0.2) is 78.5 Å². The first-order valence-electron chi connectivity index (χ1n) is 23.3. The number of nitrogens with one attached hydrogen (secondary N) is 3. The molecule has 3 fully saturated rings. The van der Waals surface area contributed by atoms with Crippen molar-refractivity contribution in [1.82, 2.24) is 35.6 Å². The monoisotopic (exact) mass is 999 g/mol. The molecule has 3 aromatic rings. The number of benzene rings is 2. The first kappa shape index (κ1) is 54.4. The van der Waals surface area contributed by atoms with Crippen LogP contribution in [0.1, 0.15) is 100 Å². The van der Waals surface area contributed by atoms with Crippen LogP contribution in [-0.2, 0) is 68.7 Å². The van der Waals surface area contributed by atoms with Crippen molar-refractivity contribution in [3.05, 3.63) is 101 Å². The Morgan fingerprint density at radius 1 is 0.914 bits per heavy atom. The van der Waals surface area contributed by atoms with Crippen molar-refractivity contribution in [2.75, 3.05) is 39.1 Å². The van der Waals surface area contributed by atoms with Crippen LogP contribution in [0.4, 0.5) is 5.69 Å². The maximum Gasteiger partial charge on any atom is 0.333 e. The molecule has 0 unspecified atom stereocenters. The average molecular weight is 1000 g/mol. The summed E-state index contributed by atoms with van der Waals surface area (Å²) in [5.41, 5.74) is 3.14. The van der Waals surface area contributed by atoms with Crippen molar-refractivity contribution in [3.8, 4) is 5.75 Å². The summed E-state index contributed by atoms with van der Waals surface area (Å²) in [4.78, 5) is 125. The van der Waals surface area contributed by atoms with E-state index in [-0.39, 0.29) is 68.7 Å². The summed E-state index contributed by atoms with van der Waals surface area (Å²) in [7, 11) is 5.38. The van der Waals surface area contributed by atoms with Crippen molar-refractivity contribution in [1.29, 1.82) is 0 Å². The molecule has 3 aliphatic rings. The van der Waals surface area contributed by atoms with E-state index < -0.39 is 101 Å². The van der Waals surface area contributed by atoms with Gasteiger partial charge in [0.25, 0.3) is 5.91 Å². The maximum atomic E-state index is 15.3. The third-order valence-corrected chi connectivity index (χ3v) is 13.7. The number of Topliss-reactive ketones (excluding diaryl/α,β-unsaturated/α-hetero) is 1. The number of esters is 1. The molecule has 19 heteroatoms. The number of carbonyl (C=O) groups excluding carboxylic acids is 8. The van der Waals surface area contributed by atoms with Gasteiger partial charge in [0.05, 0.1) is 0 Å². The van der Waals surface area contributed by atoms with Crippen LogP contribution < -0.4 is 20.9 Å². The van der Waals surface area contributed by atoms with Crippen molar-refractivity contribution in [2.45, 2.75) is 121 Å². The molecule has 3 saturated heterocycles. The fourth-order valence-electron chi connectivity index (χ4n) is 9.25. The number of piperidine rings is 1. The zero-order valence-electron chi connectivity index (χ0n) is 41.2. The van der Waals surface area contributed by atoms with E-state index in [0.717, 1.165) is 22.4 Å². The van der Waals surface area contributed by atoms with E-state index in [1.54, 1.807) is 30.3 Å². The SMILES string of the molecule is C/C=C(\C)C(C)(C)c1cc(C[C@H]2C(=O)N3CCC(=O)C[C@H]3C(=O)N[C@@H](c3ccccc3)C(=O)O[C@H](C)[C@H](NC(=O)c3ncccc3O)C(=O)N[C@H](C)C(=O)N3CCC[C@H]3C(=O)N2C)ccc1N(C)C.[V]. The number of allylic oxidation sites excluding steroid dienone is 2. The minimum absolute atomic E-state index is 0. The van der Waals surface area contributed by atoms with E-state index in [1.807, 2.05) is 57.1 Å². The van der Waals surface area contributed by atoms with Crippen LogP contribution in [0.3, 0.4) is 0 Å². The Labute approximate surface area is 420 Å². The molecule has 2 aromatic carbocycles. The summed E-state index contributed by atoms with van der Waals surface area (Å²) < 4.78 is 5.87. The molecule has 7 atom stereocenters. The van der Waals surface area contributed by atoms with Gasteiger partial charge in [0, 0.05) is 89.3 Å². The second kappa shape index (κ2) is 22.9. The quantitative estimate of drug-likeness (QED) is 0.189. The molecule has 4 N–H and O–H groups in total. The summed E-state index contributed by atoms with van der Waals surface area (Å²) in [6.45, 7) is 11.0. The van der Waals surface area contributed by atoms with Crippen LogP contribution in [0.2, 0.25) is 0 Å². The van der Waals surface area contributed by atoms with Gasteiger partial charge in [0.2, 0.25) is 29.5 Å². The number of rotatable bonds is 8. The topological polar surface area (TPSA) is 228 Å². The molecule has 1 aromatic heterocycles. The van der Waals surface area contributed by atoms with E-state index >= 15 is 4.79 Å². The summed E-state index contributed by atoms with van der Waals surface area (Å²) in [6.07, 6.45) is 2.06. The number of ether oxygens (including phenoxy) is 1. The largest absolute Gasteiger partial charge is 0.505 e. The Hall–Kier alpha value is -6.53. The van der Waals surface area contributed by atoms with Gasteiger partial charge < -0.3 is 45.4 Å². The number of cyclic esters (lactones) is 1. The number of pyridine rings is 1. The van der Waals surface area contributed by atoms with Gasteiger partial charge in [-0.05, 0) is 75.4 Å². The number of fused-ring (bicyclic) bond motifs is 2. The fourth-order valence-corrected chi connectivity index (χ4v) is 9.25. The zero-order valence-corrected chi connectivity index (χ0v) is 42.6. The molecule has 6 rings (SSSR count). The first-order valence-corrected chi connectivity index (χ1v) is 23.3. The molecule has 373 valence electrons. The van der Waals surface area contributed by atoms with Crippen LogP contribution in [-0.4, -0.2) is 143 Å². The molecule has 18 nitrogen and oxygen atoms in total. The van der Waals surface area contributed by atoms with E-state index in [0.29, 0.717) is 6.42 Å². The number of ketones is 1. The molecule has 1 radical (unpaired) electrons. The molecule has 0 spiro atoms. The molecule has 0 bridgehead atoms. The molecule has 70 heavy (non-hydrogen) atoms. The number of aromatic nitrogens is 1. The molecule has 0 aliphatic carbocycles.